The summed E-state index contributed by atoms with van der Waals surface area (Å²) < 4.78 is 30.1. The average Bonchev–Trinajstić information content (AvgIpc) is 2.02. The highest BCUT2D eigenvalue weighted by atomic mass is 32.2. The van der Waals surface area contributed by atoms with Crippen LogP contribution in [0.1, 0.15) is 20.8 Å². The van der Waals surface area contributed by atoms with E-state index in [9.17, 15) is 8.42 Å². The van der Waals surface area contributed by atoms with Crippen molar-refractivity contribution in [3.8, 4) is 0 Å². The van der Waals surface area contributed by atoms with Gasteiger partial charge in [0.2, 0.25) is 10.0 Å². The largest absolute Gasteiger partial charge is 0.376 e. The van der Waals surface area contributed by atoms with E-state index < -0.39 is 15.3 Å². The SMILES string of the molecule is C=C(C)COCCNS(=O)(=O)C(C)C. The summed E-state index contributed by atoms with van der Waals surface area (Å²) in [6.07, 6.45) is 0. The van der Waals surface area contributed by atoms with Gasteiger partial charge in [-0.25, -0.2) is 13.1 Å². The Kier molecular flexibility index (Phi) is 5.99. The molecule has 0 saturated heterocycles. The van der Waals surface area contributed by atoms with E-state index in [2.05, 4.69) is 11.3 Å². The first-order chi connectivity index (χ1) is 6.36. The number of sulfonamides is 1. The predicted molar refractivity (Wildman–Crippen MR) is 57.7 cm³/mol. The van der Waals surface area contributed by atoms with Crippen LogP contribution in [0.4, 0.5) is 0 Å². The van der Waals surface area contributed by atoms with Gasteiger partial charge in [-0.2, -0.15) is 0 Å². The number of ether oxygens (including phenoxy) is 1. The number of hydrogen-bond donors (Lipinski definition) is 1. The molecule has 0 aromatic carbocycles. The van der Waals surface area contributed by atoms with E-state index in [1.165, 1.54) is 0 Å². The molecular formula is C9H19NO3S. The Balaban J connectivity index is 3.60. The number of nitrogens with one attached hydrogen (secondary N) is 1. The number of rotatable bonds is 7. The van der Waals surface area contributed by atoms with E-state index in [1.54, 1.807) is 13.8 Å². The van der Waals surface area contributed by atoms with Crippen LogP contribution in [0.5, 0.6) is 0 Å². The smallest absolute Gasteiger partial charge is 0.214 e. The van der Waals surface area contributed by atoms with Crippen LogP contribution in [0.15, 0.2) is 12.2 Å². The molecule has 0 fully saturated rings. The summed E-state index contributed by atoms with van der Waals surface area (Å²) in [5.41, 5.74) is 0.928. The van der Waals surface area contributed by atoms with E-state index >= 15 is 0 Å². The molecule has 0 aliphatic heterocycles. The lowest BCUT2D eigenvalue weighted by Gasteiger charge is -2.09. The van der Waals surface area contributed by atoms with Crippen LogP contribution in [-0.4, -0.2) is 33.4 Å². The normalized spacial score (nSPS) is 12.0. The maximum absolute atomic E-state index is 11.2. The minimum atomic E-state index is -3.15. The molecule has 0 aliphatic rings. The molecule has 0 aromatic rings. The van der Waals surface area contributed by atoms with E-state index in [4.69, 9.17) is 4.74 Å². The predicted octanol–water partition coefficient (Wildman–Crippen LogP) is 0.907. The molecule has 84 valence electrons. The van der Waals surface area contributed by atoms with Crippen molar-refractivity contribution < 1.29 is 13.2 Å². The molecule has 0 aliphatic carbocycles. The molecule has 4 nitrogen and oxygen atoms in total. The molecule has 1 N–H and O–H groups in total. The third kappa shape index (κ3) is 6.12. The lowest BCUT2D eigenvalue weighted by Crippen LogP contribution is -2.33. The quantitative estimate of drug-likeness (QED) is 0.513. The monoisotopic (exact) mass is 221 g/mol. The van der Waals surface area contributed by atoms with Gasteiger partial charge in [-0.3, -0.25) is 0 Å². The first kappa shape index (κ1) is 13.6. The van der Waals surface area contributed by atoms with Gasteiger partial charge in [-0.05, 0) is 20.8 Å². The summed E-state index contributed by atoms with van der Waals surface area (Å²) in [7, 11) is -3.15. The van der Waals surface area contributed by atoms with E-state index in [0.29, 0.717) is 19.8 Å². The van der Waals surface area contributed by atoms with Crippen molar-refractivity contribution in [1.82, 2.24) is 4.72 Å². The van der Waals surface area contributed by atoms with Gasteiger partial charge in [0.25, 0.3) is 0 Å². The molecule has 0 unspecified atom stereocenters. The van der Waals surface area contributed by atoms with Crippen LogP contribution in [0.3, 0.4) is 0 Å². The van der Waals surface area contributed by atoms with Gasteiger partial charge in [-0.15, -0.1) is 0 Å². The van der Waals surface area contributed by atoms with Gasteiger partial charge in [0, 0.05) is 6.54 Å². The molecule has 0 aromatic heterocycles. The molecule has 0 saturated carbocycles. The van der Waals surface area contributed by atoms with Crippen LogP contribution in [0.25, 0.3) is 0 Å². The van der Waals surface area contributed by atoms with Gasteiger partial charge < -0.3 is 4.74 Å². The second kappa shape index (κ2) is 6.16. The maximum Gasteiger partial charge on any atom is 0.214 e. The topological polar surface area (TPSA) is 55.4 Å². The van der Waals surface area contributed by atoms with E-state index in [1.807, 2.05) is 6.92 Å². The van der Waals surface area contributed by atoms with Crippen molar-refractivity contribution >= 4 is 10.0 Å². The van der Waals surface area contributed by atoms with Crippen molar-refractivity contribution in [1.29, 1.82) is 0 Å². The van der Waals surface area contributed by atoms with E-state index in [0.717, 1.165) is 5.57 Å². The van der Waals surface area contributed by atoms with Crippen molar-refractivity contribution in [2.75, 3.05) is 19.8 Å². The fraction of sp³-hybridized carbons (Fsp3) is 0.778. The van der Waals surface area contributed by atoms with Crippen molar-refractivity contribution in [2.24, 2.45) is 0 Å². The minimum absolute atomic E-state index is 0.313. The van der Waals surface area contributed by atoms with Crippen LogP contribution in [0.2, 0.25) is 0 Å². The van der Waals surface area contributed by atoms with Crippen LogP contribution < -0.4 is 4.72 Å². The third-order valence-electron chi connectivity index (χ3n) is 1.52. The molecule has 0 rings (SSSR count). The lowest BCUT2D eigenvalue weighted by molar-refractivity contribution is 0.162. The fourth-order valence-corrected chi connectivity index (χ4v) is 1.37. The zero-order chi connectivity index (χ0) is 11.2. The molecule has 0 atom stereocenters. The Hall–Kier alpha value is -0.390. The minimum Gasteiger partial charge on any atom is -0.376 e. The summed E-state index contributed by atoms with van der Waals surface area (Å²) in [5.74, 6) is 0. The number of hydrogen-bond acceptors (Lipinski definition) is 3. The second-order valence-electron chi connectivity index (χ2n) is 3.50. The highest BCUT2D eigenvalue weighted by Gasteiger charge is 2.13. The Morgan fingerprint density at radius 1 is 1.50 bits per heavy atom. The Morgan fingerprint density at radius 2 is 2.07 bits per heavy atom. The Bertz CT molecular complexity index is 270. The van der Waals surface area contributed by atoms with Crippen LogP contribution in [-0.2, 0) is 14.8 Å². The first-order valence-corrected chi connectivity index (χ1v) is 6.11. The molecular weight excluding hydrogens is 202 g/mol. The molecule has 0 spiro atoms. The molecule has 0 heterocycles. The lowest BCUT2D eigenvalue weighted by atomic mass is 10.4. The zero-order valence-electron chi connectivity index (χ0n) is 9.04. The van der Waals surface area contributed by atoms with Gasteiger partial charge in [-0.1, -0.05) is 12.2 Å². The summed E-state index contributed by atoms with van der Waals surface area (Å²) in [6.45, 7) is 9.96. The zero-order valence-corrected chi connectivity index (χ0v) is 9.86. The molecule has 5 heteroatoms. The molecule has 0 bridgehead atoms. The van der Waals surface area contributed by atoms with Gasteiger partial charge in [0.15, 0.2) is 0 Å². The van der Waals surface area contributed by atoms with Gasteiger partial charge in [0.05, 0.1) is 18.5 Å². The van der Waals surface area contributed by atoms with Crippen LogP contribution in [0, 0.1) is 0 Å². The van der Waals surface area contributed by atoms with E-state index in [-0.39, 0.29) is 0 Å². The summed E-state index contributed by atoms with van der Waals surface area (Å²) in [4.78, 5) is 0. The average molecular weight is 221 g/mol. The molecule has 14 heavy (non-hydrogen) atoms. The second-order valence-corrected chi connectivity index (χ2v) is 5.82. The fourth-order valence-electron chi connectivity index (χ4n) is 0.669. The highest BCUT2D eigenvalue weighted by Crippen LogP contribution is 1.95. The summed E-state index contributed by atoms with van der Waals surface area (Å²) >= 11 is 0. The highest BCUT2D eigenvalue weighted by molar-refractivity contribution is 7.90. The molecule has 0 amide bonds. The molecule has 0 radical (unpaired) electrons. The standard InChI is InChI=1S/C9H19NO3S/c1-8(2)7-13-6-5-10-14(11,12)9(3)4/h9-10H,1,5-7H2,2-4H3. The summed E-state index contributed by atoms with van der Waals surface area (Å²) in [5, 5.41) is -0.399. The maximum atomic E-state index is 11.2. The Morgan fingerprint density at radius 3 is 2.50 bits per heavy atom. The summed E-state index contributed by atoms with van der Waals surface area (Å²) in [6, 6.07) is 0. The van der Waals surface area contributed by atoms with Crippen molar-refractivity contribution in [3.63, 3.8) is 0 Å². The van der Waals surface area contributed by atoms with Gasteiger partial charge >= 0.3 is 0 Å². The van der Waals surface area contributed by atoms with Crippen LogP contribution >= 0.6 is 0 Å². The van der Waals surface area contributed by atoms with Crippen molar-refractivity contribution in [3.05, 3.63) is 12.2 Å². The van der Waals surface area contributed by atoms with Gasteiger partial charge in [0.1, 0.15) is 0 Å². The Labute approximate surface area is 86.4 Å². The third-order valence-corrected chi connectivity index (χ3v) is 3.37. The first-order valence-electron chi connectivity index (χ1n) is 4.57. The van der Waals surface area contributed by atoms with Crippen molar-refractivity contribution in [2.45, 2.75) is 26.0 Å².